The van der Waals surface area contributed by atoms with Crippen LogP contribution < -0.4 is 0 Å². The molecule has 0 spiro atoms. The molecule has 0 aliphatic rings. The van der Waals surface area contributed by atoms with Crippen LogP contribution in [-0.4, -0.2) is 17.1 Å². The van der Waals surface area contributed by atoms with Gasteiger partial charge in [0.05, 0.1) is 0 Å². The van der Waals surface area contributed by atoms with Crippen LogP contribution in [0, 0.1) is 11.8 Å². The second-order valence-electron chi connectivity index (χ2n) is 9.22. The first kappa shape index (κ1) is 34.3. The summed E-state index contributed by atoms with van der Waals surface area (Å²) in [5.74, 6) is 3.01. The Morgan fingerprint density at radius 1 is 0.778 bits per heavy atom. The number of nitrogens with zero attached hydrogens (tertiary/aromatic N) is 3. The molecule has 0 saturated carbocycles. The molecule has 0 aromatic rings. The summed E-state index contributed by atoms with van der Waals surface area (Å²) in [7, 11) is 0. The van der Waals surface area contributed by atoms with Gasteiger partial charge in [-0.2, -0.15) is 40.5 Å². The largest absolute Gasteiger partial charge is 0.320 e. The summed E-state index contributed by atoms with van der Waals surface area (Å²) in [5, 5.41) is 8.57. The van der Waals surface area contributed by atoms with Gasteiger partial charge in [0.2, 0.25) is 0 Å². The Balaban J connectivity index is -0.000000147. The maximum Gasteiger partial charge on any atom is -0.0923 e. The van der Waals surface area contributed by atoms with Crippen LogP contribution >= 0.6 is 0 Å². The molecule has 3 nitrogen and oxygen atoms in total. The topological polar surface area (TPSA) is 40.6 Å². The SMILES string of the molecule is CC(C)(C)[N-]/C=C\[N-]C(C)(C)C.CC(C)[N]=[W].CC[C-](C)C.CC[C-](C)C. The number of hydrogen-bond acceptors (Lipinski definition) is 1. The molecule has 0 heterocycles. The zero-order valence-corrected chi connectivity index (χ0v) is 23.8. The van der Waals surface area contributed by atoms with Gasteiger partial charge in [-0.1, -0.05) is 55.4 Å². The minimum atomic E-state index is 0.00387. The first-order valence-corrected chi connectivity index (χ1v) is 11.3. The summed E-state index contributed by atoms with van der Waals surface area (Å²) in [6.07, 6.45) is 5.98. The Hall–Kier alpha value is -0.172. The van der Waals surface area contributed by atoms with E-state index in [1.54, 1.807) is 12.4 Å². The van der Waals surface area contributed by atoms with Gasteiger partial charge in [-0.15, -0.1) is 11.1 Å². The van der Waals surface area contributed by atoms with E-state index in [0.717, 1.165) is 0 Å². The van der Waals surface area contributed by atoms with Crippen molar-refractivity contribution in [2.24, 2.45) is 3.50 Å². The fraction of sp³-hybridized carbons (Fsp3) is 0.826. The van der Waals surface area contributed by atoms with Crippen LogP contribution in [0.15, 0.2) is 15.9 Å². The number of hydrogen-bond donors (Lipinski definition) is 0. The van der Waals surface area contributed by atoms with Gasteiger partial charge in [-0.25, -0.2) is 12.4 Å². The molecule has 0 aliphatic carbocycles. The van der Waals surface area contributed by atoms with Gasteiger partial charge in [-0.05, 0) is 0 Å². The molecule has 0 aromatic carbocycles. The van der Waals surface area contributed by atoms with Crippen LogP contribution in [0.3, 0.4) is 0 Å². The summed E-state index contributed by atoms with van der Waals surface area (Å²) in [6.45, 7) is 29.4. The monoisotopic (exact) mass is 551 g/mol. The van der Waals surface area contributed by atoms with Crippen LogP contribution in [0.4, 0.5) is 0 Å². The van der Waals surface area contributed by atoms with Gasteiger partial charge < -0.3 is 22.5 Å². The van der Waals surface area contributed by atoms with Crippen LogP contribution in [-0.2, 0) is 19.6 Å². The molecule has 0 atom stereocenters. The van der Waals surface area contributed by atoms with Gasteiger partial charge in [0.1, 0.15) is 0 Å². The summed E-state index contributed by atoms with van der Waals surface area (Å²) >= 11 is 1.33. The molecule has 0 unspecified atom stereocenters. The third-order valence-electron chi connectivity index (χ3n) is 2.62. The van der Waals surface area contributed by atoms with Crippen LogP contribution in [0.25, 0.3) is 10.6 Å². The van der Waals surface area contributed by atoms with Crippen molar-refractivity contribution < 1.29 is 19.6 Å². The quantitative estimate of drug-likeness (QED) is 0.306. The zero-order chi connectivity index (χ0) is 22.7. The predicted molar refractivity (Wildman–Crippen MR) is 123 cm³/mol. The van der Waals surface area contributed by atoms with E-state index in [-0.39, 0.29) is 11.1 Å². The van der Waals surface area contributed by atoms with Crippen LogP contribution in [0.2, 0.25) is 0 Å². The molecule has 0 bridgehead atoms. The molecule has 0 amide bonds. The normalized spacial score (nSPS) is 11.1. The standard InChI is InChI=1S/C10H20N2.2C5H11.C3H7N.W/c1-9(2,3)11-7-8-12-10(4,5)6;2*1-4-5(2)3;1-3(2)4;/h7-8H,1-6H3;2*4H2,1-3H3;3H,1-2H3;/q-2;2*-1;;/b8-7-;;;;. The Kier molecular flexibility index (Phi) is 26.2. The summed E-state index contributed by atoms with van der Waals surface area (Å²) < 4.78 is 3.97. The van der Waals surface area contributed by atoms with E-state index < -0.39 is 0 Å². The van der Waals surface area contributed by atoms with Crippen molar-refractivity contribution in [2.75, 3.05) is 0 Å². The molecular weight excluding hydrogens is 502 g/mol. The van der Waals surface area contributed by atoms with Crippen molar-refractivity contribution in [1.82, 2.24) is 0 Å². The van der Waals surface area contributed by atoms with Gasteiger partial charge in [0.15, 0.2) is 0 Å². The van der Waals surface area contributed by atoms with Crippen molar-refractivity contribution in [1.29, 1.82) is 0 Å². The molecule has 4 heteroatoms. The zero-order valence-electron chi connectivity index (χ0n) is 20.9. The van der Waals surface area contributed by atoms with E-state index in [1.807, 2.05) is 0 Å². The fourth-order valence-corrected chi connectivity index (χ4v) is 0.514. The molecule has 0 aromatic heterocycles. The van der Waals surface area contributed by atoms with E-state index in [9.17, 15) is 0 Å². The second-order valence-corrected chi connectivity index (χ2v) is 9.98. The maximum absolute atomic E-state index is 4.29. The fourth-order valence-electron chi connectivity index (χ4n) is 0.514. The summed E-state index contributed by atoms with van der Waals surface area (Å²) in [4.78, 5) is 0. The molecule has 0 aliphatic heterocycles. The maximum atomic E-state index is 4.29. The van der Waals surface area contributed by atoms with Crippen molar-refractivity contribution in [3.8, 4) is 0 Å². The van der Waals surface area contributed by atoms with Crippen LogP contribution in [0.1, 0.15) is 110 Å². The number of rotatable bonds is 5. The Bertz CT molecular complexity index is 295. The average molecular weight is 552 g/mol. The van der Waals surface area contributed by atoms with Crippen molar-refractivity contribution in [3.05, 3.63) is 34.9 Å². The van der Waals surface area contributed by atoms with Gasteiger partial charge in [0, 0.05) is 0 Å². The van der Waals surface area contributed by atoms with Crippen molar-refractivity contribution >= 4 is 0 Å². The Labute approximate surface area is 184 Å². The first-order valence-electron chi connectivity index (χ1n) is 10.0. The molecule has 0 fully saturated rings. The van der Waals surface area contributed by atoms with Gasteiger partial charge >= 0.3 is 43.0 Å². The van der Waals surface area contributed by atoms with E-state index >= 15 is 0 Å². The minimum absolute atomic E-state index is 0.00387. The predicted octanol–water partition coefficient (Wildman–Crippen LogP) is 8.95. The molecule has 166 valence electrons. The Morgan fingerprint density at radius 2 is 0.963 bits per heavy atom. The molecule has 0 rings (SSSR count). The molecule has 0 saturated heterocycles. The summed E-state index contributed by atoms with van der Waals surface area (Å²) in [6, 6.07) is 0.546. The molecular formula is C23H49N3W-4. The van der Waals surface area contributed by atoms with Gasteiger partial charge in [0.25, 0.3) is 0 Å². The third-order valence-corrected chi connectivity index (χ3v) is 4.13. The molecule has 27 heavy (non-hydrogen) atoms. The smallest absolute Gasteiger partial charge is 0.0923 e. The van der Waals surface area contributed by atoms with Crippen LogP contribution in [0.5, 0.6) is 0 Å². The molecule has 0 radical (unpaired) electrons. The van der Waals surface area contributed by atoms with E-state index in [4.69, 9.17) is 0 Å². The first-order chi connectivity index (χ1) is 12.0. The third kappa shape index (κ3) is 66.7. The molecule has 0 N–H and O–H groups in total. The average Bonchev–Trinajstić information content (AvgIpc) is 2.51. The van der Waals surface area contributed by atoms with Crippen molar-refractivity contribution in [2.45, 2.75) is 127 Å². The minimum Gasteiger partial charge on any atom is -0.320 e. The summed E-state index contributed by atoms with van der Waals surface area (Å²) in [5.41, 5.74) is 0.00775. The van der Waals surface area contributed by atoms with E-state index in [0.29, 0.717) is 6.04 Å². The van der Waals surface area contributed by atoms with E-state index in [2.05, 4.69) is 111 Å². The van der Waals surface area contributed by atoms with Gasteiger partial charge in [-0.3, -0.25) is 0 Å². The van der Waals surface area contributed by atoms with E-state index in [1.165, 1.54) is 44.3 Å². The van der Waals surface area contributed by atoms with Crippen molar-refractivity contribution in [3.63, 3.8) is 0 Å². The Morgan fingerprint density at radius 3 is 1.04 bits per heavy atom. The second kappa shape index (κ2) is 20.6.